The van der Waals surface area contributed by atoms with E-state index >= 15 is 0 Å². The van der Waals surface area contributed by atoms with E-state index in [1.165, 1.54) is 25.0 Å². The Hall–Kier alpha value is -11.3. The highest BCUT2D eigenvalue weighted by Crippen LogP contribution is 2.48. The molecular formula is C107H119Cl3N2O14. The molecule has 0 unspecified atom stereocenters. The van der Waals surface area contributed by atoms with Gasteiger partial charge in [0.05, 0.1) is 77.1 Å². The van der Waals surface area contributed by atoms with E-state index in [4.69, 9.17) is 92.7 Å². The summed E-state index contributed by atoms with van der Waals surface area (Å²) in [6, 6.07) is 50.8. The van der Waals surface area contributed by atoms with Gasteiger partial charge in [0.25, 0.3) is 0 Å². The lowest BCUT2D eigenvalue weighted by molar-refractivity contribution is 0.0971. The third-order valence-electron chi connectivity index (χ3n) is 22.9. The average Bonchev–Trinajstić information content (AvgIpc) is 0.824. The van der Waals surface area contributed by atoms with Gasteiger partial charge in [0.15, 0.2) is 27.4 Å². The van der Waals surface area contributed by atoms with Crippen LogP contribution in [0, 0.1) is 22.7 Å². The molecule has 2 aliphatic carbocycles. The molecule has 662 valence electrons. The maximum Gasteiger partial charge on any atom is 0.198 e. The number of nitrogens with zero attached hydrogens (tertiary/aromatic N) is 2. The minimum atomic E-state index is -0.750. The molecule has 16 rings (SSSR count). The molecule has 0 N–H and O–H groups in total. The third-order valence-corrected chi connectivity index (χ3v) is 22.9. The van der Waals surface area contributed by atoms with Crippen molar-refractivity contribution in [1.82, 2.24) is 0 Å². The number of hydrogen-bond donors (Lipinski definition) is 0. The van der Waals surface area contributed by atoms with Crippen molar-refractivity contribution in [3.8, 4) is 69.6 Å². The Morgan fingerprint density at radius 2 is 0.413 bits per heavy atom. The van der Waals surface area contributed by atoms with Gasteiger partial charge in [0, 0.05) is 84.0 Å². The van der Waals surface area contributed by atoms with Gasteiger partial charge in [-0.3, -0.25) is 19.2 Å². The van der Waals surface area contributed by atoms with E-state index in [1.807, 2.05) is 0 Å². The molecule has 0 atom stereocenters. The summed E-state index contributed by atoms with van der Waals surface area (Å²) < 4.78 is 63.4. The van der Waals surface area contributed by atoms with Crippen LogP contribution >= 0.6 is 34.8 Å². The highest BCUT2D eigenvalue weighted by Gasteiger charge is 2.39. The highest BCUT2D eigenvalue weighted by molar-refractivity contribution is 6.63. The predicted molar refractivity (Wildman–Crippen MR) is 502 cm³/mol. The second kappa shape index (κ2) is 39.3. The standard InChI is InChI=1S/2C51H56O7.2C2H3N.CHCl3/c2*1-49(2,3)35-21-29-19-31-23-36(50(4,5)6)25-33(47(31)55-11)27-57-40-17-18-41(43-42(40)44(52)38-15-13-14-16-39(38)45(43)53)58-28-34-26-37(51(7,8)9)24-32(48(34)56-12)20-30(22-35)46(29)54-10;2*1-2-3;2-1(3)4/h2*13-18,21-26H,19-20,27-28H2,1-12H3;2*1H3;1H. The van der Waals surface area contributed by atoms with Gasteiger partial charge in [0.2, 0.25) is 0 Å². The number of rotatable bonds is 6. The number of benzene rings is 10. The van der Waals surface area contributed by atoms with Crippen molar-refractivity contribution in [3.63, 3.8) is 0 Å². The van der Waals surface area contributed by atoms with Gasteiger partial charge >= 0.3 is 0 Å². The summed E-state index contributed by atoms with van der Waals surface area (Å²) in [6.45, 7) is 42.9. The summed E-state index contributed by atoms with van der Waals surface area (Å²) in [4.78, 5) is 57.6. The van der Waals surface area contributed by atoms with Gasteiger partial charge in [0.1, 0.15) is 83.9 Å². The van der Waals surface area contributed by atoms with E-state index in [1.54, 1.807) is 128 Å². The van der Waals surface area contributed by atoms with E-state index in [2.05, 4.69) is 197 Å². The zero-order chi connectivity index (χ0) is 92.8. The molecule has 0 amide bonds. The van der Waals surface area contributed by atoms with Crippen molar-refractivity contribution in [3.05, 3.63) is 290 Å². The minimum Gasteiger partial charge on any atom is -0.496 e. The number of methoxy groups -OCH3 is 6. The van der Waals surface area contributed by atoms with Crippen LogP contribution in [0.25, 0.3) is 0 Å². The Morgan fingerprint density at radius 1 is 0.278 bits per heavy atom. The zero-order valence-electron chi connectivity index (χ0n) is 77.8. The fourth-order valence-corrected chi connectivity index (χ4v) is 16.4. The van der Waals surface area contributed by atoms with Crippen LogP contribution < -0.4 is 47.4 Å². The van der Waals surface area contributed by atoms with Crippen molar-refractivity contribution in [2.75, 3.05) is 42.7 Å². The van der Waals surface area contributed by atoms with Gasteiger partial charge in [-0.1, -0.05) is 256 Å². The van der Waals surface area contributed by atoms with Crippen molar-refractivity contribution in [2.45, 2.75) is 227 Å². The third kappa shape index (κ3) is 21.4. The normalized spacial score (nSPS) is 13.6. The van der Waals surface area contributed by atoms with Gasteiger partial charge < -0.3 is 47.4 Å². The first-order valence-electron chi connectivity index (χ1n) is 42.2. The molecule has 19 heteroatoms. The van der Waals surface area contributed by atoms with Gasteiger partial charge in [-0.15, -0.1) is 0 Å². The van der Waals surface area contributed by atoms with Crippen molar-refractivity contribution in [2.24, 2.45) is 0 Å². The zero-order valence-corrected chi connectivity index (χ0v) is 80.1. The number of nitriles is 2. The quantitative estimate of drug-likeness (QED) is 0.142. The lowest BCUT2D eigenvalue weighted by atomic mass is 9.81. The smallest absolute Gasteiger partial charge is 0.198 e. The van der Waals surface area contributed by atoms with Crippen LogP contribution in [0.2, 0.25) is 0 Å². The summed E-state index contributed by atoms with van der Waals surface area (Å²) in [7, 11) is 10.2. The molecule has 10 aromatic carbocycles. The first kappa shape index (κ1) is 96.9. The van der Waals surface area contributed by atoms with Crippen LogP contribution in [0.4, 0.5) is 0 Å². The maximum absolute atomic E-state index is 14.4. The van der Waals surface area contributed by atoms with Gasteiger partial charge in [-0.2, -0.15) is 10.5 Å². The Morgan fingerprint density at radius 3 is 0.548 bits per heavy atom. The molecule has 0 aromatic heterocycles. The molecule has 10 aromatic rings. The second-order valence-electron chi connectivity index (χ2n) is 38.1. The Bertz CT molecular complexity index is 5220. The molecule has 0 saturated carbocycles. The van der Waals surface area contributed by atoms with E-state index in [-0.39, 0.29) is 104 Å². The topological polar surface area (TPSA) is 208 Å². The molecule has 0 saturated heterocycles. The Labute approximate surface area is 760 Å². The molecule has 126 heavy (non-hydrogen) atoms. The number of carbonyl (C=O) groups excluding carboxylic acids is 4. The summed E-state index contributed by atoms with van der Waals surface area (Å²) >= 11 is 14.4. The van der Waals surface area contributed by atoms with E-state index in [0.717, 1.165) is 101 Å². The van der Waals surface area contributed by atoms with E-state index < -0.39 is 4.30 Å². The fourth-order valence-electron chi connectivity index (χ4n) is 16.4. The maximum atomic E-state index is 14.4. The molecule has 0 fully saturated rings. The summed E-state index contributed by atoms with van der Waals surface area (Å²) in [5.74, 6) is 4.47. The molecule has 4 aliphatic heterocycles. The molecule has 0 spiro atoms. The number of ketones is 4. The van der Waals surface area contributed by atoms with Crippen LogP contribution in [0.5, 0.6) is 57.5 Å². The number of halogens is 3. The fraction of sp³-hybridized carbons (Fsp3) is 0.383. The molecule has 16 bridgehead atoms. The van der Waals surface area contributed by atoms with Crippen LogP contribution in [0.15, 0.2) is 146 Å². The largest absolute Gasteiger partial charge is 0.496 e. The molecule has 4 heterocycles. The van der Waals surface area contributed by atoms with E-state index in [0.29, 0.717) is 93.9 Å². The highest BCUT2D eigenvalue weighted by atomic mass is 35.6. The second-order valence-corrected chi connectivity index (χ2v) is 40.0. The molecule has 16 nitrogen and oxygen atoms in total. The average molecular weight is 1760 g/mol. The van der Waals surface area contributed by atoms with E-state index in [9.17, 15) is 19.2 Å². The van der Waals surface area contributed by atoms with Gasteiger partial charge in [-0.05, 0) is 159 Å². The molecular weight excluding hydrogens is 1640 g/mol. The first-order valence-corrected chi connectivity index (χ1v) is 43.5. The predicted octanol–water partition coefficient (Wildman–Crippen LogP) is 25.1. The van der Waals surface area contributed by atoms with Crippen molar-refractivity contribution >= 4 is 57.9 Å². The Balaban J connectivity index is 0.000000238. The van der Waals surface area contributed by atoms with Crippen molar-refractivity contribution < 1.29 is 66.5 Å². The SMILES string of the molecule is CC#N.CC#N.COc1c2cc(C(C)(C)C)cc1Cc1cc(C(C)(C)C)cc(c1OC)Cc1cc(C(C)(C)C)cc(c1OC)COc1ccc(c3c1C(=O)c1ccccc1C3=O)OC2.COc1c2cc(C(C)(C)C)cc1Cc1cc(C(C)(C)C)cc(c1OC)Cc1cc(C(C)(C)C)cc(c1OC)COc1ccc(c3c1C(=O)c1ccccc1C3=O)OC2.ClC(Cl)Cl. The van der Waals surface area contributed by atoms with Gasteiger partial charge in [-0.25, -0.2) is 0 Å². The van der Waals surface area contributed by atoms with Crippen LogP contribution in [0.1, 0.15) is 302 Å². The molecule has 6 aliphatic rings. The summed E-state index contributed by atoms with van der Waals surface area (Å²) in [5.41, 5.74) is 19.3. The van der Waals surface area contributed by atoms with Crippen LogP contribution in [0.3, 0.4) is 0 Å². The monoisotopic (exact) mass is 1760 g/mol. The number of fused-ring (bicyclic) bond motifs is 8. The van der Waals surface area contributed by atoms with Crippen molar-refractivity contribution in [1.29, 1.82) is 10.5 Å². The van der Waals surface area contributed by atoms with Crippen LogP contribution in [-0.2, 0) is 84.6 Å². The number of ether oxygens (including phenoxy) is 10. The first-order chi connectivity index (χ1) is 59.2. The summed E-state index contributed by atoms with van der Waals surface area (Å²) in [5, 5.41) is 14.6. The summed E-state index contributed by atoms with van der Waals surface area (Å²) in [6.07, 6.45) is 2.14. The Kier molecular flexibility index (Phi) is 30.2. The lowest BCUT2D eigenvalue weighted by Crippen LogP contribution is -2.23. The number of carbonyl (C=O) groups is 4. The minimum absolute atomic E-state index is 0.0961. The number of hydrogen-bond acceptors (Lipinski definition) is 16. The lowest BCUT2D eigenvalue weighted by Gasteiger charge is -2.27. The molecule has 0 radical (unpaired) electrons. The van der Waals surface area contributed by atoms with Crippen LogP contribution in [-0.4, -0.2) is 70.1 Å². The number of alkyl halides is 3.